The smallest absolute Gasteiger partial charge is 0.261 e. The van der Waals surface area contributed by atoms with E-state index in [4.69, 9.17) is 23.2 Å². The van der Waals surface area contributed by atoms with E-state index in [2.05, 4.69) is 10.0 Å². The van der Waals surface area contributed by atoms with Crippen LogP contribution in [-0.2, 0) is 21.2 Å². The summed E-state index contributed by atoms with van der Waals surface area (Å²) < 4.78 is 27.2. The third-order valence-corrected chi connectivity index (χ3v) is 5.13. The fourth-order valence-corrected chi connectivity index (χ4v) is 3.59. The van der Waals surface area contributed by atoms with Crippen molar-refractivity contribution in [1.82, 2.24) is 5.32 Å². The Hall–Kier alpha value is -1.76. The van der Waals surface area contributed by atoms with Gasteiger partial charge in [-0.2, -0.15) is 0 Å². The number of anilines is 1. The van der Waals surface area contributed by atoms with Crippen LogP contribution in [0.15, 0.2) is 47.4 Å². The molecule has 24 heavy (non-hydrogen) atoms. The van der Waals surface area contributed by atoms with Crippen molar-refractivity contribution in [3.8, 4) is 0 Å². The van der Waals surface area contributed by atoms with Gasteiger partial charge in [0.1, 0.15) is 0 Å². The van der Waals surface area contributed by atoms with Gasteiger partial charge in [0.25, 0.3) is 10.0 Å². The van der Waals surface area contributed by atoms with Crippen molar-refractivity contribution in [2.45, 2.75) is 18.2 Å². The van der Waals surface area contributed by atoms with Crippen LogP contribution in [0.4, 0.5) is 5.69 Å². The molecule has 5 nitrogen and oxygen atoms in total. The van der Waals surface area contributed by atoms with E-state index >= 15 is 0 Å². The summed E-state index contributed by atoms with van der Waals surface area (Å²) in [5, 5.41) is 3.33. The van der Waals surface area contributed by atoms with E-state index in [0.29, 0.717) is 18.0 Å². The molecule has 2 aromatic carbocycles. The maximum atomic E-state index is 12.4. The second kappa shape index (κ2) is 7.88. The molecule has 0 spiro atoms. The van der Waals surface area contributed by atoms with Crippen molar-refractivity contribution in [1.29, 1.82) is 0 Å². The zero-order chi connectivity index (χ0) is 17.7. The van der Waals surface area contributed by atoms with Crippen molar-refractivity contribution in [3.05, 3.63) is 58.1 Å². The van der Waals surface area contributed by atoms with Gasteiger partial charge >= 0.3 is 0 Å². The second-order valence-electron chi connectivity index (χ2n) is 5.11. The Bertz CT molecular complexity index is 837. The highest BCUT2D eigenvalue weighted by atomic mass is 35.5. The summed E-state index contributed by atoms with van der Waals surface area (Å²) in [6.45, 7) is 1.95. The van der Waals surface area contributed by atoms with Gasteiger partial charge < -0.3 is 5.32 Å². The SMILES string of the molecule is CC(=O)NCCc1ccc(S(=O)(=O)Nc2ccc(Cl)cc2Cl)cc1. The first-order valence-corrected chi connectivity index (χ1v) is 9.33. The number of hydrogen-bond acceptors (Lipinski definition) is 3. The topological polar surface area (TPSA) is 75.3 Å². The lowest BCUT2D eigenvalue weighted by Gasteiger charge is -2.10. The minimum Gasteiger partial charge on any atom is -0.356 e. The molecule has 0 saturated carbocycles. The van der Waals surface area contributed by atoms with Crippen molar-refractivity contribution in [3.63, 3.8) is 0 Å². The van der Waals surface area contributed by atoms with E-state index in [-0.39, 0.29) is 21.5 Å². The van der Waals surface area contributed by atoms with Gasteiger partial charge in [-0.25, -0.2) is 8.42 Å². The van der Waals surface area contributed by atoms with E-state index in [1.54, 1.807) is 18.2 Å². The molecular formula is C16H16Cl2N2O3S. The van der Waals surface area contributed by atoms with Crippen LogP contribution in [-0.4, -0.2) is 20.9 Å². The molecule has 0 fully saturated rings. The Morgan fingerprint density at radius 1 is 1.08 bits per heavy atom. The largest absolute Gasteiger partial charge is 0.356 e. The summed E-state index contributed by atoms with van der Waals surface area (Å²) in [6.07, 6.45) is 0.621. The summed E-state index contributed by atoms with van der Waals surface area (Å²) >= 11 is 11.8. The quantitative estimate of drug-likeness (QED) is 0.797. The minimum atomic E-state index is -3.75. The molecule has 0 aliphatic carbocycles. The second-order valence-corrected chi connectivity index (χ2v) is 7.63. The van der Waals surface area contributed by atoms with Gasteiger partial charge in [-0.05, 0) is 42.3 Å². The van der Waals surface area contributed by atoms with E-state index < -0.39 is 10.0 Å². The molecule has 2 aromatic rings. The molecule has 0 radical (unpaired) electrons. The number of carbonyl (C=O) groups excluding carboxylic acids is 1. The van der Waals surface area contributed by atoms with Crippen LogP contribution in [0.3, 0.4) is 0 Å². The Balaban J connectivity index is 2.10. The lowest BCUT2D eigenvalue weighted by Crippen LogP contribution is -2.22. The first-order valence-electron chi connectivity index (χ1n) is 7.09. The molecular weight excluding hydrogens is 371 g/mol. The van der Waals surface area contributed by atoms with Crippen LogP contribution in [0.5, 0.6) is 0 Å². The molecule has 0 heterocycles. The highest BCUT2D eigenvalue weighted by molar-refractivity contribution is 7.92. The van der Waals surface area contributed by atoms with Crippen LogP contribution < -0.4 is 10.0 Å². The normalized spacial score (nSPS) is 11.1. The fraction of sp³-hybridized carbons (Fsp3) is 0.188. The number of rotatable bonds is 6. The number of sulfonamides is 1. The van der Waals surface area contributed by atoms with Crippen LogP contribution in [0.2, 0.25) is 10.0 Å². The Morgan fingerprint density at radius 3 is 2.33 bits per heavy atom. The van der Waals surface area contributed by atoms with Crippen LogP contribution >= 0.6 is 23.2 Å². The van der Waals surface area contributed by atoms with Gasteiger partial charge in [-0.1, -0.05) is 35.3 Å². The van der Waals surface area contributed by atoms with Crippen molar-refractivity contribution >= 4 is 44.8 Å². The summed E-state index contributed by atoms with van der Waals surface area (Å²) in [5.41, 5.74) is 1.18. The molecule has 0 atom stereocenters. The summed E-state index contributed by atoms with van der Waals surface area (Å²) in [4.78, 5) is 10.9. The Kier molecular flexibility index (Phi) is 6.10. The molecule has 1 amide bonds. The number of hydrogen-bond donors (Lipinski definition) is 2. The molecule has 0 saturated heterocycles. The monoisotopic (exact) mass is 386 g/mol. The number of halogens is 2. The zero-order valence-electron chi connectivity index (χ0n) is 12.8. The summed E-state index contributed by atoms with van der Waals surface area (Å²) in [5.74, 6) is -0.0989. The van der Waals surface area contributed by atoms with Crippen LogP contribution in [0, 0.1) is 0 Å². The lowest BCUT2D eigenvalue weighted by atomic mass is 10.1. The van der Waals surface area contributed by atoms with E-state index in [1.807, 2.05) is 0 Å². The fourth-order valence-electron chi connectivity index (χ4n) is 1.99. The molecule has 0 aliphatic rings. The van der Waals surface area contributed by atoms with Crippen LogP contribution in [0.1, 0.15) is 12.5 Å². The first-order chi connectivity index (χ1) is 11.3. The van der Waals surface area contributed by atoms with Crippen molar-refractivity contribution < 1.29 is 13.2 Å². The third-order valence-electron chi connectivity index (χ3n) is 3.20. The van der Waals surface area contributed by atoms with Crippen molar-refractivity contribution in [2.75, 3.05) is 11.3 Å². The maximum Gasteiger partial charge on any atom is 0.261 e. The highest BCUT2D eigenvalue weighted by Crippen LogP contribution is 2.27. The standard InChI is InChI=1S/C16H16Cl2N2O3S/c1-11(21)19-9-8-12-2-5-14(6-3-12)24(22,23)20-16-7-4-13(17)10-15(16)18/h2-7,10,20H,8-9H2,1H3,(H,19,21). The molecule has 0 unspecified atom stereocenters. The predicted octanol–water partition coefficient (Wildman–Crippen LogP) is 3.47. The van der Waals surface area contributed by atoms with Gasteiger partial charge in [0, 0.05) is 18.5 Å². The number of carbonyl (C=O) groups is 1. The maximum absolute atomic E-state index is 12.4. The number of benzene rings is 2. The van der Waals surface area contributed by atoms with Gasteiger partial charge in [0.15, 0.2) is 0 Å². The van der Waals surface area contributed by atoms with Gasteiger partial charge in [0.2, 0.25) is 5.91 Å². The number of nitrogens with one attached hydrogen (secondary N) is 2. The minimum absolute atomic E-state index is 0.0989. The molecule has 2 rings (SSSR count). The summed E-state index contributed by atoms with van der Waals surface area (Å²) in [6, 6.07) is 11.0. The lowest BCUT2D eigenvalue weighted by molar-refractivity contribution is -0.118. The first kappa shape index (κ1) is 18.6. The highest BCUT2D eigenvalue weighted by Gasteiger charge is 2.15. The number of amides is 1. The molecule has 128 valence electrons. The van der Waals surface area contributed by atoms with Gasteiger partial charge in [-0.3, -0.25) is 9.52 Å². The Morgan fingerprint density at radius 2 is 1.75 bits per heavy atom. The van der Waals surface area contributed by atoms with Gasteiger partial charge in [0.05, 0.1) is 15.6 Å². The molecule has 0 bridgehead atoms. The molecule has 0 aliphatic heterocycles. The zero-order valence-corrected chi connectivity index (χ0v) is 15.2. The average Bonchev–Trinajstić information content (AvgIpc) is 2.50. The molecule has 8 heteroatoms. The molecule has 2 N–H and O–H groups in total. The van der Waals surface area contributed by atoms with E-state index in [0.717, 1.165) is 5.56 Å². The van der Waals surface area contributed by atoms with Crippen LogP contribution in [0.25, 0.3) is 0 Å². The van der Waals surface area contributed by atoms with E-state index in [9.17, 15) is 13.2 Å². The van der Waals surface area contributed by atoms with Gasteiger partial charge in [-0.15, -0.1) is 0 Å². The molecule has 0 aromatic heterocycles. The van der Waals surface area contributed by atoms with Crippen molar-refractivity contribution in [2.24, 2.45) is 0 Å². The predicted molar refractivity (Wildman–Crippen MR) is 96.1 cm³/mol. The average molecular weight is 387 g/mol. The summed E-state index contributed by atoms with van der Waals surface area (Å²) in [7, 11) is -3.75. The van der Waals surface area contributed by atoms with E-state index in [1.165, 1.54) is 31.2 Å². The third kappa shape index (κ3) is 5.12. The Labute approximate surface area is 151 Å².